The van der Waals surface area contributed by atoms with Crippen molar-refractivity contribution in [2.45, 2.75) is 6.18 Å². The van der Waals surface area contributed by atoms with Crippen LogP contribution in [0.4, 0.5) is 18.9 Å². The van der Waals surface area contributed by atoms with Gasteiger partial charge in [0.25, 0.3) is 5.69 Å². The fourth-order valence-electron chi connectivity index (χ4n) is 1.97. The maximum atomic E-state index is 13.2. The number of hydrogen-bond acceptors (Lipinski definition) is 4. The van der Waals surface area contributed by atoms with Gasteiger partial charge in [-0.3, -0.25) is 10.1 Å². The third-order valence-corrected chi connectivity index (χ3v) is 4.02. The molecule has 28 heavy (non-hydrogen) atoms. The Hall–Kier alpha value is -1.87. The molecular weight excluding hydrogens is 469 g/mol. The Bertz CT molecular complexity index is 908. The molecule has 150 valence electrons. The van der Waals surface area contributed by atoms with Crippen LogP contribution in [0.2, 0.25) is 10.0 Å². The lowest BCUT2D eigenvalue weighted by Crippen LogP contribution is -2.08. The molecule has 0 unspecified atom stereocenters. The molecule has 0 saturated heterocycles. The molecular formula is C16H8Cl4F3NO4. The lowest BCUT2D eigenvalue weighted by molar-refractivity contribution is -0.385. The van der Waals surface area contributed by atoms with E-state index in [-0.39, 0.29) is 32.6 Å². The lowest BCUT2D eigenvalue weighted by atomic mass is 10.1. The second-order valence-electron chi connectivity index (χ2n) is 5.06. The monoisotopic (exact) mass is 475 g/mol. The van der Waals surface area contributed by atoms with E-state index in [1.54, 1.807) is 0 Å². The molecule has 0 aromatic heterocycles. The number of ether oxygens (including phenoxy) is 2. The van der Waals surface area contributed by atoms with Crippen molar-refractivity contribution >= 4 is 52.1 Å². The van der Waals surface area contributed by atoms with Crippen molar-refractivity contribution in [1.82, 2.24) is 0 Å². The normalized spacial score (nSPS) is 11.1. The highest BCUT2D eigenvalue weighted by molar-refractivity contribution is 6.55. The maximum Gasteiger partial charge on any atom is 0.420 e. The summed E-state index contributed by atoms with van der Waals surface area (Å²) in [6.07, 6.45) is -3.56. The van der Waals surface area contributed by atoms with Crippen molar-refractivity contribution < 1.29 is 27.6 Å². The number of halogens is 7. The average molecular weight is 477 g/mol. The Morgan fingerprint density at radius 1 is 1.14 bits per heavy atom. The van der Waals surface area contributed by atoms with Gasteiger partial charge in [0.1, 0.15) is 28.2 Å². The Morgan fingerprint density at radius 2 is 1.75 bits per heavy atom. The van der Waals surface area contributed by atoms with Crippen LogP contribution < -0.4 is 9.47 Å². The van der Waals surface area contributed by atoms with Gasteiger partial charge in [0, 0.05) is 24.3 Å². The molecule has 0 amide bonds. The zero-order valence-corrected chi connectivity index (χ0v) is 16.4. The van der Waals surface area contributed by atoms with E-state index in [1.807, 2.05) is 0 Å². The average Bonchev–Trinajstić information content (AvgIpc) is 2.57. The van der Waals surface area contributed by atoms with Crippen molar-refractivity contribution in [3.8, 4) is 17.2 Å². The first-order valence-corrected chi connectivity index (χ1v) is 8.66. The van der Waals surface area contributed by atoms with Gasteiger partial charge in [-0.05, 0) is 12.1 Å². The van der Waals surface area contributed by atoms with E-state index in [1.165, 1.54) is 18.2 Å². The lowest BCUT2D eigenvalue weighted by Gasteiger charge is -2.16. The van der Waals surface area contributed by atoms with Gasteiger partial charge in [-0.1, -0.05) is 46.4 Å². The Kier molecular flexibility index (Phi) is 7.28. The fraction of sp³-hybridized carbons (Fsp3) is 0.125. The maximum absolute atomic E-state index is 13.2. The predicted molar refractivity (Wildman–Crippen MR) is 99.9 cm³/mol. The van der Waals surface area contributed by atoms with Crippen molar-refractivity contribution in [3.63, 3.8) is 0 Å². The number of alkyl halides is 3. The van der Waals surface area contributed by atoms with Crippen LogP contribution >= 0.6 is 46.4 Å². The standard InChI is InChI=1S/C16H8Cl4F3NO4/c17-11-6-9(27-4-3-14(19)20)7-12(18)15(11)28-13-2-1-8(24(25)26)5-10(13)16(21,22)23/h1-3,5-7H,4H2. The third-order valence-electron chi connectivity index (χ3n) is 3.15. The zero-order chi connectivity index (χ0) is 21.1. The van der Waals surface area contributed by atoms with Crippen LogP contribution in [0.15, 0.2) is 40.9 Å². The van der Waals surface area contributed by atoms with E-state index in [0.29, 0.717) is 6.07 Å². The Morgan fingerprint density at radius 3 is 2.25 bits per heavy atom. The highest BCUT2D eigenvalue weighted by atomic mass is 35.5. The number of rotatable bonds is 6. The van der Waals surface area contributed by atoms with Gasteiger partial charge in [0.05, 0.1) is 15.0 Å². The van der Waals surface area contributed by atoms with Crippen molar-refractivity contribution in [2.24, 2.45) is 0 Å². The van der Waals surface area contributed by atoms with Gasteiger partial charge in [0.2, 0.25) is 0 Å². The summed E-state index contributed by atoms with van der Waals surface area (Å²) in [6.45, 7) is -0.00420. The highest BCUT2D eigenvalue weighted by Gasteiger charge is 2.36. The molecule has 5 nitrogen and oxygen atoms in total. The molecule has 2 aromatic carbocycles. The minimum Gasteiger partial charge on any atom is -0.489 e. The van der Waals surface area contributed by atoms with Crippen LogP contribution in [0.25, 0.3) is 0 Å². The fourth-order valence-corrected chi connectivity index (χ4v) is 2.64. The quantitative estimate of drug-likeness (QED) is 0.321. The molecule has 0 aliphatic rings. The summed E-state index contributed by atoms with van der Waals surface area (Å²) in [7, 11) is 0. The summed E-state index contributed by atoms with van der Waals surface area (Å²) in [5.41, 5.74) is -2.09. The van der Waals surface area contributed by atoms with Gasteiger partial charge in [0.15, 0.2) is 5.75 Å². The first-order chi connectivity index (χ1) is 13.0. The first-order valence-electron chi connectivity index (χ1n) is 7.15. The largest absolute Gasteiger partial charge is 0.489 e. The van der Waals surface area contributed by atoms with Crippen LogP contribution in [0.1, 0.15) is 5.56 Å². The number of hydrogen-bond donors (Lipinski definition) is 0. The Balaban J connectivity index is 2.37. The van der Waals surface area contributed by atoms with Gasteiger partial charge >= 0.3 is 6.18 Å². The molecule has 0 atom stereocenters. The summed E-state index contributed by atoms with van der Waals surface area (Å²) >= 11 is 22.9. The van der Waals surface area contributed by atoms with Crippen molar-refractivity contribution in [3.05, 3.63) is 66.6 Å². The molecule has 0 fully saturated rings. The minimum atomic E-state index is -4.91. The topological polar surface area (TPSA) is 61.6 Å². The molecule has 2 aromatic rings. The van der Waals surface area contributed by atoms with Crippen molar-refractivity contribution in [1.29, 1.82) is 0 Å². The third kappa shape index (κ3) is 5.81. The molecule has 0 radical (unpaired) electrons. The van der Waals surface area contributed by atoms with Gasteiger partial charge in [-0.25, -0.2) is 0 Å². The second-order valence-corrected chi connectivity index (χ2v) is 6.88. The first kappa shape index (κ1) is 22.4. The van der Waals surface area contributed by atoms with E-state index in [4.69, 9.17) is 55.9 Å². The molecule has 0 spiro atoms. The number of nitro benzene ring substituents is 1. The van der Waals surface area contributed by atoms with Crippen LogP contribution in [-0.4, -0.2) is 11.5 Å². The number of non-ortho nitro benzene ring substituents is 1. The minimum absolute atomic E-state index is 0.00420. The predicted octanol–water partition coefficient (Wildman–Crippen LogP) is 7.41. The molecule has 0 heterocycles. The molecule has 0 aliphatic heterocycles. The van der Waals surface area contributed by atoms with Crippen LogP contribution in [0.5, 0.6) is 17.2 Å². The molecule has 0 bridgehead atoms. The summed E-state index contributed by atoms with van der Waals surface area (Å²) in [6, 6.07) is 4.56. The van der Waals surface area contributed by atoms with Crippen molar-refractivity contribution in [2.75, 3.05) is 6.61 Å². The van der Waals surface area contributed by atoms with Crippen LogP contribution in [0, 0.1) is 10.1 Å². The van der Waals surface area contributed by atoms with E-state index in [9.17, 15) is 23.3 Å². The van der Waals surface area contributed by atoms with Crippen LogP contribution in [-0.2, 0) is 6.18 Å². The number of nitrogens with zero attached hydrogens (tertiary/aromatic N) is 1. The summed E-state index contributed by atoms with van der Waals surface area (Å²) in [4.78, 5) is 9.79. The summed E-state index contributed by atoms with van der Waals surface area (Å²) < 4.78 is 50.2. The van der Waals surface area contributed by atoms with E-state index in [0.717, 1.165) is 12.1 Å². The highest BCUT2D eigenvalue weighted by Crippen LogP contribution is 2.44. The molecule has 0 saturated carbocycles. The molecule has 2 rings (SSSR count). The van der Waals surface area contributed by atoms with Gasteiger partial charge < -0.3 is 9.47 Å². The van der Waals surface area contributed by atoms with Crippen LogP contribution in [0.3, 0.4) is 0 Å². The molecule has 12 heteroatoms. The van der Waals surface area contributed by atoms with Gasteiger partial charge in [-0.15, -0.1) is 0 Å². The SMILES string of the molecule is O=[N+]([O-])c1ccc(Oc2c(Cl)cc(OCC=C(Cl)Cl)cc2Cl)c(C(F)(F)F)c1. The zero-order valence-electron chi connectivity index (χ0n) is 13.4. The smallest absolute Gasteiger partial charge is 0.420 e. The number of benzene rings is 2. The summed E-state index contributed by atoms with van der Waals surface area (Å²) in [5, 5.41) is 10.5. The number of nitro groups is 1. The van der Waals surface area contributed by atoms with Gasteiger partial charge in [-0.2, -0.15) is 13.2 Å². The van der Waals surface area contributed by atoms with E-state index < -0.39 is 28.1 Å². The van der Waals surface area contributed by atoms with E-state index >= 15 is 0 Å². The molecule has 0 aliphatic carbocycles. The van der Waals surface area contributed by atoms with E-state index in [2.05, 4.69) is 0 Å². The second kappa shape index (κ2) is 9.09. The summed E-state index contributed by atoms with van der Waals surface area (Å²) in [5.74, 6) is -0.790. The Labute approximate surface area is 176 Å². The molecule has 0 N–H and O–H groups in total.